The van der Waals surface area contributed by atoms with Gasteiger partial charge in [0.25, 0.3) is 5.56 Å². The van der Waals surface area contributed by atoms with Gasteiger partial charge in [0.2, 0.25) is 5.71 Å². The number of hydrogen-bond acceptors (Lipinski definition) is 5. The van der Waals surface area contributed by atoms with Crippen LogP contribution in [-0.4, -0.2) is 37.6 Å². The van der Waals surface area contributed by atoms with Gasteiger partial charge in [-0.3, -0.25) is 9.36 Å². The molecule has 0 unspecified atom stereocenters. The number of aromatic nitrogens is 2. The smallest absolute Gasteiger partial charge is 0.406 e. The third-order valence-corrected chi connectivity index (χ3v) is 5.30. The average Bonchev–Trinajstić information content (AvgIpc) is 3.06. The van der Waals surface area contributed by atoms with Crippen molar-refractivity contribution in [2.75, 3.05) is 0 Å². The summed E-state index contributed by atoms with van der Waals surface area (Å²) in [6, 6.07) is 7.94. The first-order valence-electron chi connectivity index (χ1n) is 9.28. The first kappa shape index (κ1) is 20.9. The lowest BCUT2D eigenvalue weighted by Gasteiger charge is -2.51. The van der Waals surface area contributed by atoms with Crippen molar-refractivity contribution < 1.29 is 32.6 Å². The Balaban J connectivity index is 1.65. The number of alkyl halides is 3. The van der Waals surface area contributed by atoms with Crippen molar-refractivity contribution >= 4 is 17.2 Å². The molecule has 3 aromatic rings. The molecule has 0 bridgehead atoms. The van der Waals surface area contributed by atoms with Gasteiger partial charge in [-0.2, -0.15) is 13.2 Å². The molecular formula is C20H18F3N3O5. The Kier molecular flexibility index (Phi) is 4.61. The Labute approximate surface area is 172 Å². The highest BCUT2D eigenvalue weighted by Gasteiger charge is 2.53. The molecule has 1 fully saturated rings. The molecule has 1 aromatic carbocycles. The largest absolute Gasteiger partial charge is 0.465 e. The van der Waals surface area contributed by atoms with Crippen molar-refractivity contribution in [3.05, 3.63) is 52.6 Å². The fourth-order valence-corrected chi connectivity index (χ4v) is 4.18. The molecule has 11 heteroatoms. The zero-order valence-corrected chi connectivity index (χ0v) is 16.2. The van der Waals surface area contributed by atoms with Crippen LogP contribution in [-0.2, 0) is 12.1 Å². The van der Waals surface area contributed by atoms with Crippen LogP contribution in [0.2, 0.25) is 0 Å². The molecule has 3 N–H and O–H groups in total. The van der Waals surface area contributed by atoms with E-state index in [1.54, 1.807) is 31.2 Å². The van der Waals surface area contributed by atoms with Gasteiger partial charge < -0.3 is 19.9 Å². The second-order valence-electron chi connectivity index (χ2n) is 8.06. The number of carboxylic acid groups (broad SMARTS) is 1. The van der Waals surface area contributed by atoms with E-state index in [1.165, 1.54) is 6.07 Å². The highest BCUT2D eigenvalue weighted by molar-refractivity contribution is 5.79. The number of fused-ring (bicyclic) bond motifs is 1. The molecule has 0 atom stereocenters. The van der Waals surface area contributed by atoms with Crippen molar-refractivity contribution in [3.8, 4) is 11.3 Å². The van der Waals surface area contributed by atoms with Gasteiger partial charge in [-0.15, -0.1) is 0 Å². The first-order chi connectivity index (χ1) is 14.4. The molecule has 1 saturated carbocycles. The Morgan fingerprint density at radius 3 is 2.48 bits per heavy atom. The van der Waals surface area contributed by atoms with Crippen LogP contribution < -0.4 is 10.9 Å². The Hall–Kier alpha value is -3.34. The number of carbonyl (C=O) groups is 1. The number of amides is 1. The van der Waals surface area contributed by atoms with E-state index in [4.69, 9.17) is 9.52 Å². The fraction of sp³-hybridized carbons (Fsp3) is 0.350. The number of furan rings is 1. The van der Waals surface area contributed by atoms with E-state index in [-0.39, 0.29) is 29.7 Å². The number of aliphatic hydroxyl groups is 1. The van der Waals surface area contributed by atoms with E-state index in [0.717, 1.165) is 6.33 Å². The van der Waals surface area contributed by atoms with E-state index < -0.39 is 35.5 Å². The highest BCUT2D eigenvalue weighted by Crippen LogP contribution is 2.48. The number of nitrogens with zero attached hydrogens (tertiary/aromatic N) is 2. The lowest BCUT2D eigenvalue weighted by atomic mass is 9.62. The highest BCUT2D eigenvalue weighted by atomic mass is 19.4. The van der Waals surface area contributed by atoms with E-state index in [1.807, 2.05) is 0 Å². The standard InChI is InChI=1S/C20H18F3N3O5/c1-18(30)7-19(8-18,25-17(28)29)12-4-2-11(3-5-12)14-6-13-15(31-14)24-10-26(16(13)27)9-20(21,22)23/h2-6,10,25,30H,7-9H2,1H3,(H,28,29). The number of hydrogen-bond donors (Lipinski definition) is 3. The van der Waals surface area contributed by atoms with Gasteiger partial charge in [0.15, 0.2) is 0 Å². The Morgan fingerprint density at radius 1 is 1.29 bits per heavy atom. The lowest BCUT2D eigenvalue weighted by Crippen LogP contribution is -2.61. The average molecular weight is 437 g/mol. The van der Waals surface area contributed by atoms with Crippen LogP contribution in [0.4, 0.5) is 18.0 Å². The van der Waals surface area contributed by atoms with Crippen LogP contribution in [0.3, 0.4) is 0 Å². The number of benzene rings is 1. The summed E-state index contributed by atoms with van der Waals surface area (Å²) in [4.78, 5) is 27.3. The van der Waals surface area contributed by atoms with Gasteiger partial charge in [0.1, 0.15) is 24.0 Å². The van der Waals surface area contributed by atoms with Gasteiger partial charge in [-0.05, 0) is 18.6 Å². The van der Waals surface area contributed by atoms with Gasteiger partial charge in [0.05, 0.1) is 11.1 Å². The van der Waals surface area contributed by atoms with Crippen LogP contribution in [0.1, 0.15) is 25.3 Å². The summed E-state index contributed by atoms with van der Waals surface area (Å²) in [5, 5.41) is 21.6. The molecule has 1 aliphatic carbocycles. The molecule has 0 saturated heterocycles. The third kappa shape index (κ3) is 4.00. The monoisotopic (exact) mass is 437 g/mol. The Bertz CT molecular complexity index is 1200. The van der Waals surface area contributed by atoms with Crippen molar-refractivity contribution in [3.63, 3.8) is 0 Å². The number of halogens is 3. The topological polar surface area (TPSA) is 118 Å². The zero-order valence-electron chi connectivity index (χ0n) is 16.2. The van der Waals surface area contributed by atoms with Crippen molar-refractivity contribution in [2.45, 2.75) is 43.6 Å². The maximum Gasteiger partial charge on any atom is 0.406 e. The third-order valence-electron chi connectivity index (χ3n) is 5.30. The molecule has 164 valence electrons. The van der Waals surface area contributed by atoms with Gasteiger partial charge >= 0.3 is 12.3 Å². The molecule has 1 amide bonds. The minimum atomic E-state index is -4.56. The molecule has 2 heterocycles. The summed E-state index contributed by atoms with van der Waals surface area (Å²) in [5.41, 5.74) is -1.68. The van der Waals surface area contributed by atoms with E-state index in [2.05, 4.69) is 10.3 Å². The van der Waals surface area contributed by atoms with Gasteiger partial charge in [-0.25, -0.2) is 9.78 Å². The van der Waals surface area contributed by atoms with Crippen LogP contribution >= 0.6 is 0 Å². The predicted octanol–water partition coefficient (Wildman–Crippen LogP) is 3.23. The molecule has 4 rings (SSSR count). The predicted molar refractivity (Wildman–Crippen MR) is 102 cm³/mol. The summed E-state index contributed by atoms with van der Waals surface area (Å²) in [7, 11) is 0. The summed E-state index contributed by atoms with van der Waals surface area (Å²) in [6.07, 6.45) is -4.57. The van der Waals surface area contributed by atoms with Crippen LogP contribution in [0.25, 0.3) is 22.4 Å². The first-order valence-corrected chi connectivity index (χ1v) is 9.28. The summed E-state index contributed by atoms with van der Waals surface area (Å²) < 4.78 is 43.9. The zero-order chi connectivity index (χ0) is 22.6. The van der Waals surface area contributed by atoms with Crippen LogP contribution in [0.5, 0.6) is 0 Å². The second kappa shape index (κ2) is 6.84. The summed E-state index contributed by atoms with van der Waals surface area (Å²) >= 11 is 0. The van der Waals surface area contributed by atoms with E-state index >= 15 is 0 Å². The molecule has 0 spiro atoms. The molecular weight excluding hydrogens is 419 g/mol. The van der Waals surface area contributed by atoms with Crippen LogP contribution in [0, 0.1) is 0 Å². The van der Waals surface area contributed by atoms with Gasteiger partial charge in [-0.1, -0.05) is 24.3 Å². The minimum absolute atomic E-state index is 0.0788. The molecule has 31 heavy (non-hydrogen) atoms. The normalized spacial score (nSPS) is 23.5. The van der Waals surface area contributed by atoms with Gasteiger partial charge in [0, 0.05) is 18.4 Å². The minimum Gasteiger partial charge on any atom is -0.465 e. The SMILES string of the molecule is CC1(O)CC(NC(=O)O)(c2ccc(-c3cc4c(=O)n(CC(F)(F)F)cnc4o3)cc2)C1. The molecule has 0 radical (unpaired) electrons. The molecule has 0 aliphatic heterocycles. The van der Waals surface area contributed by atoms with Crippen molar-refractivity contribution in [1.29, 1.82) is 0 Å². The lowest BCUT2D eigenvalue weighted by molar-refractivity contribution is -0.141. The Morgan fingerprint density at radius 2 is 1.94 bits per heavy atom. The summed E-state index contributed by atoms with van der Waals surface area (Å²) in [6.45, 7) is 0.169. The van der Waals surface area contributed by atoms with E-state index in [0.29, 0.717) is 15.7 Å². The number of nitrogens with one attached hydrogen (secondary N) is 1. The molecule has 8 nitrogen and oxygen atoms in total. The maximum absolute atomic E-state index is 12.6. The fourth-order valence-electron chi connectivity index (χ4n) is 4.18. The van der Waals surface area contributed by atoms with Crippen LogP contribution in [0.15, 0.2) is 45.9 Å². The van der Waals surface area contributed by atoms with Crippen molar-refractivity contribution in [1.82, 2.24) is 14.9 Å². The second-order valence-corrected chi connectivity index (χ2v) is 8.06. The molecule has 1 aliphatic rings. The number of rotatable bonds is 4. The maximum atomic E-state index is 12.6. The summed E-state index contributed by atoms with van der Waals surface area (Å²) in [5.74, 6) is 0.233. The molecule has 2 aromatic heterocycles. The quantitative estimate of drug-likeness (QED) is 0.577. The van der Waals surface area contributed by atoms with E-state index in [9.17, 15) is 27.9 Å². The van der Waals surface area contributed by atoms with Crippen molar-refractivity contribution in [2.24, 2.45) is 0 Å².